The van der Waals surface area contributed by atoms with Crippen molar-refractivity contribution < 1.29 is 10.2 Å². The number of hydrogen-bond donors (Lipinski definition) is 2. The molecule has 0 heterocycles. The Labute approximate surface area is 166 Å². The second-order valence-electron chi connectivity index (χ2n) is 7.35. The molecule has 0 aliphatic heterocycles. The first-order valence-electron chi connectivity index (χ1n) is 8.81. The summed E-state index contributed by atoms with van der Waals surface area (Å²) in [5.74, 6) is 2.05. The molecule has 0 radical (unpaired) electrons. The normalized spacial score (nSPS) is 21.2. The predicted molar refractivity (Wildman–Crippen MR) is 121 cm³/mol. The van der Waals surface area contributed by atoms with Crippen molar-refractivity contribution in [2.24, 2.45) is 11.8 Å². The lowest BCUT2D eigenvalue weighted by molar-refractivity contribution is -0.0270. The van der Waals surface area contributed by atoms with Crippen LogP contribution in [0.4, 0.5) is 0 Å². The van der Waals surface area contributed by atoms with Gasteiger partial charge in [-0.05, 0) is 42.6 Å². The first kappa shape index (κ1) is 32.8. The minimum Gasteiger partial charge on any atom is -0.390 e. The Morgan fingerprint density at radius 3 is 1.77 bits per heavy atom. The summed E-state index contributed by atoms with van der Waals surface area (Å²) in [7, 11) is 0. The van der Waals surface area contributed by atoms with Gasteiger partial charge in [0.2, 0.25) is 0 Å². The highest BCUT2D eigenvalue weighted by atomic mass is 16.3. The van der Waals surface area contributed by atoms with Crippen molar-refractivity contribution in [1.29, 1.82) is 0 Å². The lowest BCUT2D eigenvalue weighted by Crippen LogP contribution is -2.33. The maximum absolute atomic E-state index is 9.46. The van der Waals surface area contributed by atoms with E-state index in [0.717, 1.165) is 25.2 Å². The first-order valence-corrected chi connectivity index (χ1v) is 8.81. The van der Waals surface area contributed by atoms with E-state index in [4.69, 9.17) is 0 Å². The largest absolute Gasteiger partial charge is 0.390 e. The van der Waals surface area contributed by atoms with E-state index < -0.39 is 12.2 Å². The van der Waals surface area contributed by atoms with Crippen molar-refractivity contribution in [2.75, 3.05) is 0 Å². The molecular weight excluding hydrogens is 320 g/mol. The molecule has 0 aromatic heterocycles. The van der Waals surface area contributed by atoms with Gasteiger partial charge in [0.1, 0.15) is 0 Å². The zero-order valence-corrected chi connectivity index (χ0v) is 14.7. The van der Waals surface area contributed by atoms with Crippen LogP contribution in [0, 0.1) is 11.8 Å². The number of aliphatic hydroxyl groups is 2. The highest BCUT2D eigenvalue weighted by Gasteiger charge is 2.27. The van der Waals surface area contributed by atoms with Crippen molar-refractivity contribution in [1.82, 2.24) is 0 Å². The molecule has 1 aliphatic rings. The van der Waals surface area contributed by atoms with Crippen LogP contribution in [0.5, 0.6) is 0 Å². The summed E-state index contributed by atoms with van der Waals surface area (Å²) in [6.45, 7) is 8.87. The fraction of sp³-hybridized carbons (Fsp3) is 0.750. The molecule has 1 aromatic carbocycles. The molecule has 0 spiro atoms. The van der Waals surface area contributed by atoms with Gasteiger partial charge >= 0.3 is 0 Å². The molecule has 2 heteroatoms. The third kappa shape index (κ3) is 13.4. The van der Waals surface area contributed by atoms with Gasteiger partial charge in [0.15, 0.2) is 0 Å². The van der Waals surface area contributed by atoms with Crippen molar-refractivity contribution in [3.05, 3.63) is 35.9 Å². The summed E-state index contributed by atoms with van der Waals surface area (Å²) < 4.78 is 0. The third-order valence-electron chi connectivity index (χ3n) is 4.51. The molecular formula is C24H50O2. The number of benzene rings is 1. The molecule has 0 amide bonds. The zero-order valence-electron chi connectivity index (χ0n) is 14.7. The van der Waals surface area contributed by atoms with Gasteiger partial charge in [-0.3, -0.25) is 0 Å². The minimum atomic E-state index is -0.467. The molecule has 3 unspecified atom stereocenters. The number of rotatable bonds is 4. The van der Waals surface area contributed by atoms with Crippen molar-refractivity contribution in [3.8, 4) is 0 Å². The third-order valence-corrected chi connectivity index (χ3v) is 4.51. The van der Waals surface area contributed by atoms with Crippen molar-refractivity contribution in [2.45, 2.75) is 108 Å². The quantitative estimate of drug-likeness (QED) is 0.583. The van der Waals surface area contributed by atoms with Crippen LogP contribution in [-0.4, -0.2) is 22.4 Å². The Kier molecular flexibility index (Phi) is 22.1. The molecule has 26 heavy (non-hydrogen) atoms. The maximum atomic E-state index is 9.46. The summed E-state index contributed by atoms with van der Waals surface area (Å²) in [5, 5.41) is 18.8. The molecule has 158 valence electrons. The molecule has 1 saturated carbocycles. The number of aliphatic hydroxyl groups excluding tert-OH is 2. The Balaban J connectivity index is -0.000000168. The minimum absolute atomic E-state index is 0. The summed E-state index contributed by atoms with van der Waals surface area (Å²) in [6.07, 6.45) is 4.19. The van der Waals surface area contributed by atoms with E-state index >= 15 is 0 Å². The van der Waals surface area contributed by atoms with Gasteiger partial charge in [0, 0.05) is 0 Å². The zero-order chi connectivity index (χ0) is 16.5. The average molecular weight is 371 g/mol. The van der Waals surface area contributed by atoms with Gasteiger partial charge in [0.05, 0.1) is 12.2 Å². The van der Waals surface area contributed by atoms with Crippen LogP contribution >= 0.6 is 0 Å². The van der Waals surface area contributed by atoms with Crippen LogP contribution in [0.1, 0.15) is 101 Å². The summed E-state index contributed by atoms with van der Waals surface area (Å²) >= 11 is 0. The van der Waals surface area contributed by atoms with Gasteiger partial charge in [-0.15, -0.1) is 0 Å². The van der Waals surface area contributed by atoms with E-state index in [1.807, 2.05) is 6.07 Å². The molecule has 1 fully saturated rings. The van der Waals surface area contributed by atoms with E-state index in [2.05, 4.69) is 52.0 Å². The van der Waals surface area contributed by atoms with E-state index in [9.17, 15) is 10.2 Å². The molecule has 1 aliphatic carbocycles. The standard InChI is InChI=1S/C11H22O2.C9H12.4CH4/c1-8(2)3-4-9-5-6-10(12)11(13)7-9;1-8(2)9-6-4-3-5-7-9;;;;/h8-13H,3-7H2,1-2H3;3-8H,1-2H3;4*1H4. The van der Waals surface area contributed by atoms with Gasteiger partial charge in [-0.1, -0.05) is 101 Å². The maximum Gasteiger partial charge on any atom is 0.0801 e. The molecule has 3 atom stereocenters. The Morgan fingerprint density at radius 1 is 0.846 bits per heavy atom. The van der Waals surface area contributed by atoms with Gasteiger partial charge < -0.3 is 10.2 Å². The van der Waals surface area contributed by atoms with E-state index in [1.165, 1.54) is 18.4 Å². The fourth-order valence-corrected chi connectivity index (χ4v) is 2.88. The fourth-order valence-electron chi connectivity index (χ4n) is 2.88. The Morgan fingerprint density at radius 2 is 1.38 bits per heavy atom. The summed E-state index contributed by atoms with van der Waals surface area (Å²) in [4.78, 5) is 0. The van der Waals surface area contributed by atoms with Crippen LogP contribution in [0.15, 0.2) is 30.3 Å². The second-order valence-corrected chi connectivity index (χ2v) is 7.35. The molecule has 1 aromatic rings. The van der Waals surface area contributed by atoms with Crippen molar-refractivity contribution >= 4 is 0 Å². The van der Waals surface area contributed by atoms with Gasteiger partial charge in [-0.2, -0.15) is 0 Å². The molecule has 2 nitrogen and oxygen atoms in total. The highest BCUT2D eigenvalue weighted by molar-refractivity contribution is 5.17. The van der Waals surface area contributed by atoms with Crippen molar-refractivity contribution in [3.63, 3.8) is 0 Å². The van der Waals surface area contributed by atoms with E-state index in [-0.39, 0.29) is 29.7 Å². The average Bonchev–Trinajstić information content (AvgIpc) is 2.50. The SMILES string of the molecule is C.C.C.C.CC(C)CCC1CCC(O)C(O)C1.CC(C)c1ccccc1. The number of hydrogen-bond acceptors (Lipinski definition) is 2. The Bertz CT molecular complexity index is 386. The second kappa shape index (κ2) is 17.5. The smallest absolute Gasteiger partial charge is 0.0801 e. The summed E-state index contributed by atoms with van der Waals surface area (Å²) in [6, 6.07) is 10.5. The monoisotopic (exact) mass is 370 g/mol. The van der Waals surface area contributed by atoms with Crippen LogP contribution < -0.4 is 0 Å². The molecule has 0 bridgehead atoms. The van der Waals surface area contributed by atoms with Crippen LogP contribution in [0.2, 0.25) is 0 Å². The van der Waals surface area contributed by atoms with Crippen LogP contribution in [0.3, 0.4) is 0 Å². The van der Waals surface area contributed by atoms with E-state index in [1.54, 1.807) is 0 Å². The van der Waals surface area contributed by atoms with Gasteiger partial charge in [0.25, 0.3) is 0 Å². The Hall–Kier alpha value is -0.860. The van der Waals surface area contributed by atoms with Crippen LogP contribution in [-0.2, 0) is 0 Å². The van der Waals surface area contributed by atoms with Gasteiger partial charge in [-0.25, -0.2) is 0 Å². The van der Waals surface area contributed by atoms with Crippen LogP contribution in [0.25, 0.3) is 0 Å². The summed E-state index contributed by atoms with van der Waals surface area (Å²) in [5.41, 5.74) is 1.41. The molecule has 2 N–H and O–H groups in total. The highest BCUT2D eigenvalue weighted by Crippen LogP contribution is 2.29. The molecule has 2 rings (SSSR count). The first-order chi connectivity index (χ1) is 10.4. The predicted octanol–water partition coefficient (Wildman–Crippen LogP) is 7.30. The van der Waals surface area contributed by atoms with E-state index in [0.29, 0.717) is 11.8 Å². The lowest BCUT2D eigenvalue weighted by Gasteiger charge is -2.30. The topological polar surface area (TPSA) is 40.5 Å². The lowest BCUT2D eigenvalue weighted by atomic mass is 9.82. The molecule has 0 saturated heterocycles.